The molecule has 1 heterocycles. The first-order chi connectivity index (χ1) is 13.6. The second-order valence-corrected chi connectivity index (χ2v) is 7.40. The number of aryl methyl sites for hydroxylation is 1. The highest BCUT2D eigenvalue weighted by molar-refractivity contribution is 5.85. The summed E-state index contributed by atoms with van der Waals surface area (Å²) in [6.07, 6.45) is 7.23. The molecule has 0 bridgehead atoms. The largest absolute Gasteiger partial charge is 0.487 e. The number of aliphatic carboxylic acids is 1. The summed E-state index contributed by atoms with van der Waals surface area (Å²) >= 11 is 0. The van der Waals surface area contributed by atoms with Crippen LogP contribution in [0.2, 0.25) is 0 Å². The number of rotatable bonds is 6. The first-order valence-corrected chi connectivity index (χ1v) is 9.74. The molecule has 0 unspecified atom stereocenters. The lowest BCUT2D eigenvalue weighted by molar-refractivity contribution is -0.136. The van der Waals surface area contributed by atoms with Crippen LogP contribution in [0.15, 0.2) is 36.5 Å². The number of carbonyl (C=O) groups is 1. The number of hydrogen-bond acceptors (Lipinski definition) is 3. The van der Waals surface area contributed by atoms with E-state index in [1.807, 2.05) is 24.3 Å². The van der Waals surface area contributed by atoms with Crippen LogP contribution in [0.5, 0.6) is 5.75 Å². The molecular formula is C22H23FN2O3. The molecule has 2 N–H and O–H groups in total. The fraction of sp³-hybridized carbons (Fsp3) is 0.364. The molecule has 0 saturated heterocycles. The summed E-state index contributed by atoms with van der Waals surface area (Å²) in [4.78, 5) is 10.9. The summed E-state index contributed by atoms with van der Waals surface area (Å²) in [5.41, 5.74) is 3.05. The number of carboxylic acids is 1. The standard InChI is InChI=1S/C22H23FN2O3/c23-19-11-14(6-9-21(26)27)10-18(22(19)28-17-4-2-1-3-5-17)15-7-8-20-16(12-15)13-24-25-20/h7-8,10-13,17H,1-6,9H2,(H,24,25)(H,26,27). The number of ether oxygens (including phenoxy) is 1. The number of H-pyrrole nitrogens is 1. The van der Waals surface area contributed by atoms with E-state index in [1.54, 1.807) is 6.20 Å². The van der Waals surface area contributed by atoms with Crippen LogP contribution < -0.4 is 4.74 Å². The predicted molar refractivity (Wildman–Crippen MR) is 105 cm³/mol. The van der Waals surface area contributed by atoms with Gasteiger partial charge in [0.25, 0.3) is 0 Å². The Morgan fingerprint density at radius 2 is 2.04 bits per heavy atom. The topological polar surface area (TPSA) is 75.2 Å². The van der Waals surface area contributed by atoms with E-state index in [4.69, 9.17) is 9.84 Å². The molecule has 1 saturated carbocycles. The molecule has 1 fully saturated rings. The Balaban J connectivity index is 1.75. The lowest BCUT2D eigenvalue weighted by Crippen LogP contribution is -2.20. The van der Waals surface area contributed by atoms with Crippen LogP contribution in [0.4, 0.5) is 4.39 Å². The van der Waals surface area contributed by atoms with Gasteiger partial charge >= 0.3 is 5.97 Å². The van der Waals surface area contributed by atoms with Crippen molar-refractivity contribution in [1.82, 2.24) is 10.2 Å². The second kappa shape index (κ2) is 8.00. The molecule has 3 aromatic rings. The van der Waals surface area contributed by atoms with Gasteiger partial charge in [0, 0.05) is 17.4 Å². The zero-order valence-electron chi connectivity index (χ0n) is 15.6. The molecular weight excluding hydrogens is 359 g/mol. The van der Waals surface area contributed by atoms with Gasteiger partial charge in [0.05, 0.1) is 17.8 Å². The molecule has 6 heteroatoms. The molecule has 28 heavy (non-hydrogen) atoms. The van der Waals surface area contributed by atoms with Crippen LogP contribution in [-0.2, 0) is 11.2 Å². The van der Waals surface area contributed by atoms with Crippen LogP contribution in [-0.4, -0.2) is 27.4 Å². The summed E-state index contributed by atoms with van der Waals surface area (Å²) in [7, 11) is 0. The van der Waals surface area contributed by atoms with Gasteiger partial charge in [0.15, 0.2) is 11.6 Å². The van der Waals surface area contributed by atoms with Gasteiger partial charge in [-0.3, -0.25) is 9.89 Å². The van der Waals surface area contributed by atoms with E-state index in [0.29, 0.717) is 11.1 Å². The number of aromatic nitrogens is 2. The minimum absolute atomic E-state index is 0.0181. The van der Waals surface area contributed by atoms with Crippen LogP contribution in [0.3, 0.4) is 0 Å². The number of benzene rings is 2. The van der Waals surface area contributed by atoms with Crippen LogP contribution >= 0.6 is 0 Å². The summed E-state index contributed by atoms with van der Waals surface area (Å²) in [6, 6.07) is 9.02. The Morgan fingerprint density at radius 3 is 2.82 bits per heavy atom. The number of aromatic amines is 1. The SMILES string of the molecule is O=C(O)CCc1cc(F)c(OC2CCCCC2)c(-c2ccc3[nH]ncc3c2)c1. The number of fused-ring (bicyclic) bond motifs is 1. The number of halogens is 1. The minimum Gasteiger partial charge on any atom is -0.487 e. The van der Waals surface area contributed by atoms with Gasteiger partial charge in [-0.25, -0.2) is 4.39 Å². The zero-order chi connectivity index (χ0) is 19.5. The Kier molecular flexibility index (Phi) is 5.28. The maximum absolute atomic E-state index is 15.0. The molecule has 0 spiro atoms. The van der Waals surface area contributed by atoms with E-state index >= 15 is 4.39 Å². The average molecular weight is 382 g/mol. The third kappa shape index (κ3) is 4.01. The van der Waals surface area contributed by atoms with Gasteiger partial charge in [-0.15, -0.1) is 0 Å². The molecule has 4 rings (SSSR count). The Labute approximate surface area is 162 Å². The summed E-state index contributed by atoms with van der Waals surface area (Å²) < 4.78 is 21.2. The normalized spacial score (nSPS) is 15.0. The van der Waals surface area contributed by atoms with Gasteiger partial charge < -0.3 is 9.84 Å². The van der Waals surface area contributed by atoms with Gasteiger partial charge in [0.1, 0.15) is 0 Å². The third-order valence-electron chi connectivity index (χ3n) is 5.32. The maximum atomic E-state index is 15.0. The third-order valence-corrected chi connectivity index (χ3v) is 5.32. The van der Waals surface area contributed by atoms with Crippen molar-refractivity contribution in [1.29, 1.82) is 0 Å². The molecule has 0 atom stereocenters. The van der Waals surface area contributed by atoms with E-state index in [0.717, 1.165) is 42.1 Å². The van der Waals surface area contributed by atoms with Crippen molar-refractivity contribution in [2.45, 2.75) is 51.0 Å². The molecule has 0 radical (unpaired) electrons. The van der Waals surface area contributed by atoms with Crippen molar-refractivity contribution in [3.8, 4) is 16.9 Å². The van der Waals surface area contributed by atoms with Crippen molar-refractivity contribution >= 4 is 16.9 Å². The van der Waals surface area contributed by atoms with E-state index in [1.165, 1.54) is 12.5 Å². The van der Waals surface area contributed by atoms with Crippen LogP contribution in [0.25, 0.3) is 22.0 Å². The van der Waals surface area contributed by atoms with E-state index < -0.39 is 11.8 Å². The molecule has 2 aromatic carbocycles. The Morgan fingerprint density at radius 1 is 1.21 bits per heavy atom. The van der Waals surface area contributed by atoms with Crippen molar-refractivity contribution in [2.24, 2.45) is 0 Å². The highest BCUT2D eigenvalue weighted by Crippen LogP contribution is 2.37. The number of carboxylic acid groups (broad SMARTS) is 1. The molecule has 146 valence electrons. The van der Waals surface area contributed by atoms with E-state index in [9.17, 15) is 4.79 Å². The fourth-order valence-corrected chi connectivity index (χ4v) is 3.84. The summed E-state index contributed by atoms with van der Waals surface area (Å²) in [6.45, 7) is 0. The quantitative estimate of drug-likeness (QED) is 0.622. The lowest BCUT2D eigenvalue weighted by Gasteiger charge is -2.25. The van der Waals surface area contributed by atoms with Crippen molar-refractivity contribution in [3.05, 3.63) is 47.9 Å². The fourth-order valence-electron chi connectivity index (χ4n) is 3.84. The zero-order valence-corrected chi connectivity index (χ0v) is 15.6. The minimum atomic E-state index is -0.899. The Bertz CT molecular complexity index is 993. The second-order valence-electron chi connectivity index (χ2n) is 7.40. The van der Waals surface area contributed by atoms with Gasteiger partial charge in [-0.05, 0) is 67.5 Å². The van der Waals surface area contributed by atoms with Crippen LogP contribution in [0.1, 0.15) is 44.1 Å². The molecule has 0 aliphatic heterocycles. The van der Waals surface area contributed by atoms with Gasteiger partial charge in [-0.2, -0.15) is 5.10 Å². The maximum Gasteiger partial charge on any atom is 0.303 e. The van der Waals surface area contributed by atoms with E-state index in [-0.39, 0.29) is 24.7 Å². The molecule has 1 aliphatic carbocycles. The van der Waals surface area contributed by atoms with Crippen molar-refractivity contribution in [2.75, 3.05) is 0 Å². The van der Waals surface area contributed by atoms with E-state index in [2.05, 4.69) is 10.2 Å². The monoisotopic (exact) mass is 382 g/mol. The van der Waals surface area contributed by atoms with Crippen molar-refractivity contribution < 1.29 is 19.0 Å². The smallest absolute Gasteiger partial charge is 0.303 e. The summed E-state index contributed by atoms with van der Waals surface area (Å²) in [5.74, 6) is -1.08. The first-order valence-electron chi connectivity index (χ1n) is 9.74. The molecule has 5 nitrogen and oxygen atoms in total. The number of nitrogens with zero attached hydrogens (tertiary/aromatic N) is 1. The highest BCUT2D eigenvalue weighted by atomic mass is 19.1. The van der Waals surface area contributed by atoms with Gasteiger partial charge in [0.2, 0.25) is 0 Å². The number of hydrogen-bond donors (Lipinski definition) is 2. The predicted octanol–water partition coefficient (Wildman–Crippen LogP) is 5.10. The summed E-state index contributed by atoms with van der Waals surface area (Å²) in [5, 5.41) is 16.8. The van der Waals surface area contributed by atoms with Crippen molar-refractivity contribution in [3.63, 3.8) is 0 Å². The highest BCUT2D eigenvalue weighted by Gasteiger charge is 2.21. The molecule has 0 amide bonds. The first kappa shape index (κ1) is 18.5. The van der Waals surface area contributed by atoms with Crippen LogP contribution in [0, 0.1) is 5.82 Å². The molecule has 1 aliphatic rings. The lowest BCUT2D eigenvalue weighted by atomic mass is 9.96. The Hall–Kier alpha value is -2.89. The molecule has 1 aromatic heterocycles. The number of nitrogens with one attached hydrogen (secondary N) is 1. The van der Waals surface area contributed by atoms with Gasteiger partial charge in [-0.1, -0.05) is 12.5 Å². The average Bonchev–Trinajstić information content (AvgIpc) is 3.16.